The first kappa shape index (κ1) is 12.2. The molecule has 0 aromatic heterocycles. The van der Waals surface area contributed by atoms with Gasteiger partial charge < -0.3 is 9.64 Å². The number of carbonyl (C=O) groups excluding carboxylic acids is 1. The van der Waals surface area contributed by atoms with Crippen molar-refractivity contribution < 1.29 is 9.53 Å². The summed E-state index contributed by atoms with van der Waals surface area (Å²) < 4.78 is 5.59. The minimum absolute atomic E-state index is 0.0732. The molecule has 1 saturated heterocycles. The van der Waals surface area contributed by atoms with Crippen LogP contribution in [0.1, 0.15) is 32.6 Å². The minimum Gasteiger partial charge on any atom is -0.379 e. The van der Waals surface area contributed by atoms with Gasteiger partial charge in [-0.25, -0.2) is 0 Å². The highest BCUT2D eigenvalue weighted by molar-refractivity contribution is 6.30. The number of alkyl halides is 1. The Balaban J connectivity index is 2.11. The van der Waals surface area contributed by atoms with Gasteiger partial charge in [0.1, 0.15) is 5.38 Å². The zero-order chi connectivity index (χ0) is 11.5. The first-order valence-corrected chi connectivity index (χ1v) is 6.66. The van der Waals surface area contributed by atoms with Crippen LogP contribution < -0.4 is 0 Å². The summed E-state index contributed by atoms with van der Waals surface area (Å²) in [5.41, 5.74) is 0. The lowest BCUT2D eigenvalue weighted by molar-refractivity contribution is -0.134. The monoisotopic (exact) mass is 245 g/mol. The van der Waals surface area contributed by atoms with E-state index < -0.39 is 5.38 Å². The molecule has 2 rings (SSSR count). The summed E-state index contributed by atoms with van der Waals surface area (Å²) in [5.74, 6) is 0.597. The first-order chi connectivity index (χ1) is 7.70. The first-order valence-electron chi connectivity index (χ1n) is 6.22. The Morgan fingerprint density at radius 1 is 1.44 bits per heavy atom. The van der Waals surface area contributed by atoms with Crippen molar-refractivity contribution >= 4 is 17.5 Å². The lowest BCUT2D eigenvalue weighted by Gasteiger charge is -2.38. The smallest absolute Gasteiger partial charge is 0.240 e. The van der Waals surface area contributed by atoms with Crippen LogP contribution >= 0.6 is 11.6 Å². The molecule has 16 heavy (non-hydrogen) atoms. The van der Waals surface area contributed by atoms with Crippen LogP contribution in [-0.4, -0.2) is 42.0 Å². The predicted molar refractivity (Wildman–Crippen MR) is 63.6 cm³/mol. The molecule has 0 unspecified atom stereocenters. The highest BCUT2D eigenvalue weighted by Crippen LogP contribution is 2.31. The second-order valence-electron chi connectivity index (χ2n) is 4.83. The molecule has 1 heterocycles. The van der Waals surface area contributed by atoms with E-state index >= 15 is 0 Å². The van der Waals surface area contributed by atoms with Crippen LogP contribution in [0.2, 0.25) is 0 Å². The number of hydrogen-bond donors (Lipinski definition) is 0. The van der Waals surface area contributed by atoms with E-state index in [1.807, 2.05) is 4.90 Å². The molecule has 2 aliphatic rings. The zero-order valence-corrected chi connectivity index (χ0v) is 10.6. The van der Waals surface area contributed by atoms with Crippen LogP contribution in [-0.2, 0) is 9.53 Å². The molecule has 1 amide bonds. The normalized spacial score (nSPS) is 32.8. The standard InChI is InChI=1S/C12H20ClNO2/c1-9(13)12(15)14-6-7-16-8-10-4-2-3-5-11(10)14/h9-11H,2-8H2,1H3/t9-,10-,11+/m0/s1. The maximum absolute atomic E-state index is 12.0. The van der Waals surface area contributed by atoms with Crippen LogP contribution in [0.3, 0.4) is 0 Å². The van der Waals surface area contributed by atoms with Crippen LogP contribution in [0.25, 0.3) is 0 Å². The van der Waals surface area contributed by atoms with Crippen molar-refractivity contribution in [1.29, 1.82) is 0 Å². The molecule has 0 spiro atoms. The predicted octanol–water partition coefficient (Wildman–Crippen LogP) is 2.03. The van der Waals surface area contributed by atoms with Gasteiger partial charge in [0.05, 0.1) is 13.2 Å². The van der Waals surface area contributed by atoms with Crippen molar-refractivity contribution in [2.75, 3.05) is 19.8 Å². The molecule has 0 aromatic carbocycles. The van der Waals surface area contributed by atoms with Crippen LogP contribution in [0, 0.1) is 5.92 Å². The molecule has 4 heteroatoms. The topological polar surface area (TPSA) is 29.5 Å². The summed E-state index contributed by atoms with van der Waals surface area (Å²) in [6.45, 7) is 3.93. The van der Waals surface area contributed by atoms with Gasteiger partial charge in [-0.05, 0) is 19.8 Å². The van der Waals surface area contributed by atoms with E-state index in [0.29, 0.717) is 25.1 Å². The number of rotatable bonds is 1. The van der Waals surface area contributed by atoms with E-state index in [0.717, 1.165) is 13.0 Å². The van der Waals surface area contributed by atoms with E-state index in [-0.39, 0.29) is 5.91 Å². The Labute approximate surface area is 102 Å². The number of nitrogens with zero attached hydrogens (tertiary/aromatic N) is 1. The van der Waals surface area contributed by atoms with E-state index in [9.17, 15) is 4.79 Å². The van der Waals surface area contributed by atoms with Gasteiger partial charge in [0.25, 0.3) is 0 Å². The largest absolute Gasteiger partial charge is 0.379 e. The van der Waals surface area contributed by atoms with Gasteiger partial charge in [-0.3, -0.25) is 4.79 Å². The summed E-state index contributed by atoms with van der Waals surface area (Å²) >= 11 is 5.91. The maximum Gasteiger partial charge on any atom is 0.240 e. The van der Waals surface area contributed by atoms with E-state index in [1.165, 1.54) is 19.3 Å². The average Bonchev–Trinajstić information content (AvgIpc) is 2.50. The van der Waals surface area contributed by atoms with Crippen LogP contribution in [0.5, 0.6) is 0 Å². The van der Waals surface area contributed by atoms with Crippen LogP contribution in [0.15, 0.2) is 0 Å². The summed E-state index contributed by atoms with van der Waals surface area (Å²) in [6.07, 6.45) is 4.79. The second kappa shape index (κ2) is 5.37. The fourth-order valence-electron chi connectivity index (χ4n) is 2.86. The number of halogens is 1. The zero-order valence-electron chi connectivity index (χ0n) is 9.82. The second-order valence-corrected chi connectivity index (χ2v) is 5.49. The number of amides is 1. The summed E-state index contributed by atoms with van der Waals surface area (Å²) in [5, 5.41) is -0.416. The van der Waals surface area contributed by atoms with Crippen molar-refractivity contribution in [3.05, 3.63) is 0 Å². The molecule has 1 aliphatic heterocycles. The van der Waals surface area contributed by atoms with Gasteiger partial charge in [0.2, 0.25) is 5.91 Å². The summed E-state index contributed by atoms with van der Waals surface area (Å²) in [4.78, 5) is 14.0. The minimum atomic E-state index is -0.416. The Kier molecular flexibility index (Phi) is 4.09. The molecule has 3 atom stereocenters. The highest BCUT2D eigenvalue weighted by atomic mass is 35.5. The van der Waals surface area contributed by atoms with E-state index in [2.05, 4.69) is 0 Å². The average molecular weight is 246 g/mol. The lowest BCUT2D eigenvalue weighted by atomic mass is 9.84. The van der Waals surface area contributed by atoms with Crippen molar-refractivity contribution in [3.63, 3.8) is 0 Å². The van der Waals surface area contributed by atoms with Gasteiger partial charge >= 0.3 is 0 Å². The Morgan fingerprint density at radius 2 is 2.19 bits per heavy atom. The quantitative estimate of drug-likeness (QED) is 0.662. The molecule has 92 valence electrons. The molecule has 0 bridgehead atoms. The Morgan fingerprint density at radius 3 is 2.94 bits per heavy atom. The molecule has 1 aliphatic carbocycles. The van der Waals surface area contributed by atoms with Gasteiger partial charge in [-0.15, -0.1) is 11.6 Å². The molecule has 0 N–H and O–H groups in total. The lowest BCUT2D eigenvalue weighted by Crippen LogP contribution is -2.48. The molecule has 1 saturated carbocycles. The number of ether oxygens (including phenoxy) is 1. The maximum atomic E-state index is 12.0. The van der Waals surface area contributed by atoms with Gasteiger partial charge in [-0.1, -0.05) is 12.8 Å². The van der Waals surface area contributed by atoms with E-state index in [1.54, 1.807) is 6.92 Å². The molecular weight excluding hydrogens is 226 g/mol. The van der Waals surface area contributed by atoms with Crippen LogP contribution in [0.4, 0.5) is 0 Å². The molecule has 0 radical (unpaired) electrons. The SMILES string of the molecule is C[C@H](Cl)C(=O)N1CCOC[C@@H]2CCCC[C@H]21. The number of hydrogen-bond acceptors (Lipinski definition) is 2. The van der Waals surface area contributed by atoms with Gasteiger partial charge in [0, 0.05) is 18.5 Å². The fraction of sp³-hybridized carbons (Fsp3) is 0.917. The molecule has 3 nitrogen and oxygen atoms in total. The van der Waals surface area contributed by atoms with Gasteiger partial charge in [0.15, 0.2) is 0 Å². The number of fused-ring (bicyclic) bond motifs is 1. The summed E-state index contributed by atoms with van der Waals surface area (Å²) in [6, 6.07) is 0.366. The third kappa shape index (κ3) is 2.51. The fourth-order valence-corrected chi connectivity index (χ4v) is 2.98. The van der Waals surface area contributed by atoms with Gasteiger partial charge in [-0.2, -0.15) is 0 Å². The van der Waals surface area contributed by atoms with E-state index in [4.69, 9.17) is 16.3 Å². The number of carbonyl (C=O) groups is 1. The summed E-state index contributed by atoms with van der Waals surface area (Å²) in [7, 11) is 0. The Hall–Kier alpha value is -0.280. The molecule has 0 aromatic rings. The third-order valence-corrected chi connectivity index (χ3v) is 3.89. The van der Waals surface area contributed by atoms with Crippen molar-refractivity contribution in [1.82, 2.24) is 4.90 Å². The highest BCUT2D eigenvalue weighted by Gasteiger charge is 2.35. The third-order valence-electron chi connectivity index (χ3n) is 3.70. The Bertz CT molecular complexity index is 257. The van der Waals surface area contributed by atoms with Crippen molar-refractivity contribution in [2.45, 2.75) is 44.0 Å². The van der Waals surface area contributed by atoms with Crippen molar-refractivity contribution in [3.8, 4) is 0 Å². The molecular formula is C12H20ClNO2. The van der Waals surface area contributed by atoms with Crippen molar-refractivity contribution in [2.24, 2.45) is 5.92 Å². The molecule has 2 fully saturated rings.